The Balaban J connectivity index is 3.30. The van der Waals surface area contributed by atoms with Crippen molar-refractivity contribution < 1.29 is 9.53 Å². The van der Waals surface area contributed by atoms with Gasteiger partial charge < -0.3 is 15.8 Å². The molecule has 96 valence electrons. The van der Waals surface area contributed by atoms with Gasteiger partial charge in [0.15, 0.2) is 0 Å². The van der Waals surface area contributed by atoms with Crippen LogP contribution in [0, 0.1) is 0 Å². The highest BCUT2D eigenvalue weighted by Gasteiger charge is 2.07. The van der Waals surface area contributed by atoms with Gasteiger partial charge in [0.1, 0.15) is 0 Å². The molecule has 4 nitrogen and oxygen atoms in total. The molecule has 0 radical (unpaired) electrons. The lowest BCUT2D eigenvalue weighted by Crippen LogP contribution is -2.32. The number of carbonyl (C=O) groups excluding carboxylic acids is 1. The molecule has 0 aromatic carbocycles. The molecule has 4 heteroatoms. The van der Waals surface area contributed by atoms with Crippen molar-refractivity contribution in [3.63, 3.8) is 0 Å². The Bertz CT molecular complexity index is 174. The van der Waals surface area contributed by atoms with E-state index in [1.54, 1.807) is 0 Å². The molecule has 0 aromatic rings. The van der Waals surface area contributed by atoms with Gasteiger partial charge in [-0.05, 0) is 19.3 Å². The molecular formula is C12H26N2O2. The van der Waals surface area contributed by atoms with Crippen LogP contribution < -0.4 is 11.1 Å². The van der Waals surface area contributed by atoms with Crippen LogP contribution in [0.2, 0.25) is 0 Å². The average molecular weight is 230 g/mol. The Hall–Kier alpha value is -0.610. The molecule has 16 heavy (non-hydrogen) atoms. The zero-order valence-corrected chi connectivity index (χ0v) is 10.6. The first-order valence-corrected chi connectivity index (χ1v) is 6.30. The topological polar surface area (TPSA) is 64.3 Å². The third kappa shape index (κ3) is 9.93. The number of rotatable bonds is 10. The second kappa shape index (κ2) is 10.9. The standard InChI is InChI=1S/C12H26N2O2/c1-3-6-11(13)10-12(15)14-7-5-9-16-8-4-2/h11H,3-10,13H2,1-2H3,(H,14,15). The predicted octanol–water partition coefficient (Wildman–Crippen LogP) is 1.44. The van der Waals surface area contributed by atoms with Crippen molar-refractivity contribution in [2.75, 3.05) is 19.8 Å². The third-order valence-corrected chi connectivity index (χ3v) is 2.24. The van der Waals surface area contributed by atoms with Crippen LogP contribution in [0.5, 0.6) is 0 Å². The molecule has 0 saturated heterocycles. The number of hydrogen-bond donors (Lipinski definition) is 2. The van der Waals surface area contributed by atoms with Gasteiger partial charge in [0.2, 0.25) is 5.91 Å². The summed E-state index contributed by atoms with van der Waals surface area (Å²) < 4.78 is 5.31. The van der Waals surface area contributed by atoms with Crippen LogP contribution in [0.4, 0.5) is 0 Å². The highest BCUT2D eigenvalue weighted by Crippen LogP contribution is 1.97. The smallest absolute Gasteiger partial charge is 0.221 e. The van der Waals surface area contributed by atoms with Crippen LogP contribution in [0.25, 0.3) is 0 Å². The van der Waals surface area contributed by atoms with E-state index in [-0.39, 0.29) is 11.9 Å². The molecule has 0 saturated carbocycles. The second-order valence-corrected chi connectivity index (χ2v) is 4.07. The zero-order chi connectivity index (χ0) is 12.2. The molecule has 0 spiro atoms. The molecule has 0 rings (SSSR count). The molecule has 0 heterocycles. The van der Waals surface area contributed by atoms with E-state index >= 15 is 0 Å². The minimum atomic E-state index is 0.00124. The van der Waals surface area contributed by atoms with E-state index in [0.29, 0.717) is 13.0 Å². The van der Waals surface area contributed by atoms with Crippen molar-refractivity contribution in [1.82, 2.24) is 5.32 Å². The van der Waals surface area contributed by atoms with E-state index in [1.165, 1.54) is 0 Å². The van der Waals surface area contributed by atoms with Gasteiger partial charge in [0, 0.05) is 32.2 Å². The van der Waals surface area contributed by atoms with Gasteiger partial charge in [0.25, 0.3) is 0 Å². The average Bonchev–Trinajstić information content (AvgIpc) is 2.23. The lowest BCUT2D eigenvalue weighted by Gasteiger charge is -2.10. The summed E-state index contributed by atoms with van der Waals surface area (Å²) in [6.45, 7) is 6.35. The second-order valence-electron chi connectivity index (χ2n) is 4.07. The van der Waals surface area contributed by atoms with Crippen molar-refractivity contribution in [1.29, 1.82) is 0 Å². The van der Waals surface area contributed by atoms with Crippen molar-refractivity contribution in [2.45, 2.75) is 52.0 Å². The molecule has 1 atom stereocenters. The predicted molar refractivity (Wildman–Crippen MR) is 66.2 cm³/mol. The maximum Gasteiger partial charge on any atom is 0.221 e. The summed E-state index contributed by atoms with van der Waals surface area (Å²) >= 11 is 0. The lowest BCUT2D eigenvalue weighted by molar-refractivity contribution is -0.121. The van der Waals surface area contributed by atoms with Crippen LogP contribution in [0.15, 0.2) is 0 Å². The first-order chi connectivity index (χ1) is 7.70. The summed E-state index contributed by atoms with van der Waals surface area (Å²) in [4.78, 5) is 11.4. The summed E-state index contributed by atoms with van der Waals surface area (Å²) in [5, 5.41) is 2.85. The largest absolute Gasteiger partial charge is 0.381 e. The van der Waals surface area contributed by atoms with Crippen molar-refractivity contribution >= 4 is 5.91 Å². The Labute approximate surface area is 98.9 Å². The van der Waals surface area contributed by atoms with Crippen LogP contribution >= 0.6 is 0 Å². The van der Waals surface area contributed by atoms with Crippen LogP contribution in [-0.4, -0.2) is 31.7 Å². The number of ether oxygens (including phenoxy) is 1. The summed E-state index contributed by atoms with van der Waals surface area (Å²) in [5.41, 5.74) is 5.77. The minimum absolute atomic E-state index is 0.00124. The van der Waals surface area contributed by atoms with Gasteiger partial charge in [-0.25, -0.2) is 0 Å². The molecule has 3 N–H and O–H groups in total. The highest BCUT2D eigenvalue weighted by atomic mass is 16.5. The molecule has 0 aliphatic rings. The maximum absolute atomic E-state index is 11.4. The zero-order valence-electron chi connectivity index (χ0n) is 10.6. The fraction of sp³-hybridized carbons (Fsp3) is 0.917. The Morgan fingerprint density at radius 3 is 2.69 bits per heavy atom. The number of nitrogens with one attached hydrogen (secondary N) is 1. The summed E-state index contributed by atoms with van der Waals surface area (Å²) in [6, 6.07) is 0.00124. The number of nitrogens with two attached hydrogens (primary N) is 1. The molecule has 1 unspecified atom stereocenters. The monoisotopic (exact) mass is 230 g/mol. The van der Waals surface area contributed by atoms with Crippen molar-refractivity contribution in [3.8, 4) is 0 Å². The van der Waals surface area contributed by atoms with E-state index < -0.39 is 0 Å². The highest BCUT2D eigenvalue weighted by molar-refractivity contribution is 5.76. The molecule has 0 aromatic heterocycles. The van der Waals surface area contributed by atoms with Gasteiger partial charge in [-0.15, -0.1) is 0 Å². The summed E-state index contributed by atoms with van der Waals surface area (Å²) in [5.74, 6) is 0.0523. The SMILES string of the molecule is CCCOCCCNC(=O)CC(N)CCC. The number of carbonyl (C=O) groups is 1. The van der Waals surface area contributed by atoms with E-state index in [1.807, 2.05) is 0 Å². The van der Waals surface area contributed by atoms with Gasteiger partial charge in [0.05, 0.1) is 0 Å². The van der Waals surface area contributed by atoms with Crippen LogP contribution in [-0.2, 0) is 9.53 Å². The molecule has 0 aliphatic carbocycles. The normalized spacial score (nSPS) is 12.4. The summed E-state index contributed by atoms with van der Waals surface area (Å²) in [6.07, 6.45) is 4.28. The Morgan fingerprint density at radius 1 is 1.31 bits per heavy atom. The number of hydrogen-bond acceptors (Lipinski definition) is 3. The van der Waals surface area contributed by atoms with E-state index in [2.05, 4.69) is 19.2 Å². The molecule has 0 fully saturated rings. The van der Waals surface area contributed by atoms with Gasteiger partial charge >= 0.3 is 0 Å². The van der Waals surface area contributed by atoms with Crippen molar-refractivity contribution in [2.24, 2.45) is 5.73 Å². The summed E-state index contributed by atoms with van der Waals surface area (Å²) in [7, 11) is 0. The first kappa shape index (κ1) is 15.4. The third-order valence-electron chi connectivity index (χ3n) is 2.24. The molecule has 0 aliphatic heterocycles. The molecule has 1 amide bonds. The molecule has 0 bridgehead atoms. The quantitative estimate of drug-likeness (QED) is 0.558. The van der Waals surface area contributed by atoms with E-state index in [9.17, 15) is 4.79 Å². The first-order valence-electron chi connectivity index (χ1n) is 6.30. The van der Waals surface area contributed by atoms with Gasteiger partial charge in [-0.2, -0.15) is 0 Å². The molecular weight excluding hydrogens is 204 g/mol. The van der Waals surface area contributed by atoms with Gasteiger partial charge in [-0.3, -0.25) is 4.79 Å². The fourth-order valence-corrected chi connectivity index (χ4v) is 1.43. The van der Waals surface area contributed by atoms with E-state index in [0.717, 1.165) is 38.9 Å². The Kier molecular flexibility index (Phi) is 10.5. The number of amides is 1. The van der Waals surface area contributed by atoms with E-state index in [4.69, 9.17) is 10.5 Å². The van der Waals surface area contributed by atoms with Crippen molar-refractivity contribution in [3.05, 3.63) is 0 Å². The Morgan fingerprint density at radius 2 is 2.06 bits per heavy atom. The van der Waals surface area contributed by atoms with Crippen LogP contribution in [0.3, 0.4) is 0 Å². The lowest BCUT2D eigenvalue weighted by atomic mass is 10.1. The fourth-order valence-electron chi connectivity index (χ4n) is 1.43. The maximum atomic E-state index is 11.4. The minimum Gasteiger partial charge on any atom is -0.381 e. The van der Waals surface area contributed by atoms with Gasteiger partial charge in [-0.1, -0.05) is 20.3 Å². The van der Waals surface area contributed by atoms with Crippen LogP contribution in [0.1, 0.15) is 46.0 Å².